The zero-order chi connectivity index (χ0) is 17.1. The second-order valence-corrected chi connectivity index (χ2v) is 8.62. The van der Waals surface area contributed by atoms with Gasteiger partial charge in [0.2, 0.25) is 0 Å². The highest BCUT2D eigenvalue weighted by molar-refractivity contribution is 5.41. The summed E-state index contributed by atoms with van der Waals surface area (Å²) >= 11 is 0. The number of fused-ring (bicyclic) bond motifs is 5. The number of aliphatic hydroxyl groups is 1. The first kappa shape index (κ1) is 16.2. The maximum Gasteiger partial charge on any atom is 0.119 e. The maximum atomic E-state index is 11.4. The van der Waals surface area contributed by atoms with Gasteiger partial charge in [0, 0.05) is 5.41 Å². The molecule has 2 nitrogen and oxygen atoms in total. The molecule has 0 heterocycles. The molecule has 2 fully saturated rings. The van der Waals surface area contributed by atoms with E-state index in [9.17, 15) is 5.11 Å². The molecule has 0 spiro atoms. The summed E-state index contributed by atoms with van der Waals surface area (Å²) in [4.78, 5) is 0. The van der Waals surface area contributed by atoms with Crippen LogP contribution >= 0.6 is 0 Å². The molecule has 0 aromatic heterocycles. The number of rotatable bonds is 2. The highest BCUT2D eigenvalue weighted by Gasteiger charge is 2.61. The van der Waals surface area contributed by atoms with Gasteiger partial charge in [-0.3, -0.25) is 0 Å². The van der Waals surface area contributed by atoms with Gasteiger partial charge in [-0.1, -0.05) is 19.6 Å². The Hall–Kier alpha value is -1.28. The Morgan fingerprint density at radius 1 is 1.25 bits per heavy atom. The van der Waals surface area contributed by atoms with E-state index in [1.807, 2.05) is 6.92 Å². The number of hydrogen-bond donors (Lipinski definition) is 1. The van der Waals surface area contributed by atoms with Crippen molar-refractivity contribution in [1.29, 1.82) is 0 Å². The van der Waals surface area contributed by atoms with Crippen LogP contribution < -0.4 is 4.74 Å². The SMILES string of the molecule is C=C(C)[C@]1(O)CCC2C3CCc4cc(OC)ccc4C3CC[C@@]21C. The fraction of sp³-hybridized carbons (Fsp3) is 0.636. The third-order valence-corrected chi connectivity index (χ3v) is 7.79. The molecule has 3 unspecified atom stereocenters. The van der Waals surface area contributed by atoms with Crippen LogP contribution in [0.4, 0.5) is 0 Å². The first-order chi connectivity index (χ1) is 11.4. The highest BCUT2D eigenvalue weighted by Crippen LogP contribution is 2.65. The Bertz CT molecular complexity index is 679. The van der Waals surface area contributed by atoms with Crippen molar-refractivity contribution in [2.45, 2.75) is 63.9 Å². The first-order valence-corrected chi connectivity index (χ1v) is 9.46. The van der Waals surface area contributed by atoms with E-state index in [1.165, 1.54) is 18.4 Å². The predicted molar refractivity (Wildman–Crippen MR) is 97.4 cm³/mol. The van der Waals surface area contributed by atoms with Crippen LogP contribution in [0.25, 0.3) is 0 Å². The van der Waals surface area contributed by atoms with Gasteiger partial charge in [-0.2, -0.15) is 0 Å². The van der Waals surface area contributed by atoms with Gasteiger partial charge in [0.25, 0.3) is 0 Å². The lowest BCUT2D eigenvalue weighted by Gasteiger charge is -2.53. The van der Waals surface area contributed by atoms with Gasteiger partial charge in [-0.05, 0) is 92.0 Å². The van der Waals surface area contributed by atoms with Crippen LogP contribution in [0.15, 0.2) is 30.4 Å². The molecule has 3 aliphatic carbocycles. The van der Waals surface area contributed by atoms with Crippen LogP contribution in [0.3, 0.4) is 0 Å². The molecule has 0 amide bonds. The molecule has 4 rings (SSSR count). The molecular formula is C22H30O2. The van der Waals surface area contributed by atoms with Crippen molar-refractivity contribution >= 4 is 0 Å². The standard InChI is InChI=1S/C22H30O2/c1-14(2)22(23)12-10-20-19-7-5-15-13-16(24-4)6-8-17(15)18(19)9-11-21(20,22)3/h6,8,13,18-20,23H,1,5,7,9-12H2,2-4H3/t18?,19?,20?,21-,22+/m0/s1. The predicted octanol–water partition coefficient (Wildman–Crippen LogP) is 4.86. The number of methoxy groups -OCH3 is 1. The molecule has 0 saturated heterocycles. The molecule has 1 aromatic rings. The second-order valence-electron chi connectivity index (χ2n) is 8.62. The van der Waals surface area contributed by atoms with Crippen molar-refractivity contribution in [3.8, 4) is 5.75 Å². The van der Waals surface area contributed by atoms with Gasteiger partial charge < -0.3 is 9.84 Å². The van der Waals surface area contributed by atoms with Crippen molar-refractivity contribution in [2.75, 3.05) is 7.11 Å². The van der Waals surface area contributed by atoms with E-state index in [1.54, 1.807) is 12.7 Å². The zero-order valence-electron chi connectivity index (χ0n) is 15.3. The third kappa shape index (κ3) is 1.98. The summed E-state index contributed by atoms with van der Waals surface area (Å²) in [5.41, 5.74) is 3.33. The monoisotopic (exact) mass is 326 g/mol. The topological polar surface area (TPSA) is 29.5 Å². The lowest BCUT2D eigenvalue weighted by molar-refractivity contribution is -0.0779. The van der Waals surface area contributed by atoms with Gasteiger partial charge in [0.05, 0.1) is 12.7 Å². The molecule has 0 aliphatic heterocycles. The van der Waals surface area contributed by atoms with Gasteiger partial charge >= 0.3 is 0 Å². The minimum atomic E-state index is -0.664. The average Bonchev–Trinajstić information content (AvgIpc) is 2.87. The largest absolute Gasteiger partial charge is 0.497 e. The Morgan fingerprint density at radius 3 is 2.75 bits per heavy atom. The first-order valence-electron chi connectivity index (χ1n) is 9.46. The lowest BCUT2D eigenvalue weighted by atomic mass is 9.52. The summed E-state index contributed by atoms with van der Waals surface area (Å²) in [7, 11) is 1.75. The number of benzene rings is 1. The molecule has 0 radical (unpaired) electrons. The minimum Gasteiger partial charge on any atom is -0.497 e. The molecule has 0 bridgehead atoms. The summed E-state index contributed by atoms with van der Waals surface area (Å²) in [5, 5.41) is 11.4. The van der Waals surface area contributed by atoms with Crippen LogP contribution in [0, 0.1) is 17.3 Å². The number of aryl methyl sites for hydroxylation is 1. The third-order valence-electron chi connectivity index (χ3n) is 7.79. The molecule has 5 atom stereocenters. The fourth-order valence-electron chi connectivity index (χ4n) is 6.40. The number of hydrogen-bond acceptors (Lipinski definition) is 2. The van der Waals surface area contributed by atoms with Crippen molar-refractivity contribution < 1.29 is 9.84 Å². The van der Waals surface area contributed by atoms with Crippen molar-refractivity contribution in [3.05, 3.63) is 41.5 Å². The molecule has 130 valence electrons. The normalized spacial score (nSPS) is 40.4. The van der Waals surface area contributed by atoms with Crippen molar-refractivity contribution in [2.24, 2.45) is 17.3 Å². The van der Waals surface area contributed by atoms with E-state index < -0.39 is 5.60 Å². The molecular weight excluding hydrogens is 296 g/mol. The Kier molecular flexibility index (Phi) is 3.62. The second kappa shape index (κ2) is 5.36. The molecule has 1 N–H and O–H groups in total. The summed E-state index contributed by atoms with van der Waals surface area (Å²) in [6.45, 7) is 8.49. The quantitative estimate of drug-likeness (QED) is 0.787. The van der Waals surface area contributed by atoms with Crippen LogP contribution in [0.1, 0.15) is 63.0 Å². The van der Waals surface area contributed by atoms with Gasteiger partial charge in [-0.25, -0.2) is 0 Å². The molecule has 1 aromatic carbocycles. The van der Waals surface area contributed by atoms with E-state index in [0.29, 0.717) is 17.8 Å². The summed E-state index contributed by atoms with van der Waals surface area (Å²) in [6, 6.07) is 6.65. The van der Waals surface area contributed by atoms with E-state index in [4.69, 9.17) is 4.74 Å². The molecule has 24 heavy (non-hydrogen) atoms. The van der Waals surface area contributed by atoms with Crippen LogP contribution in [-0.4, -0.2) is 17.8 Å². The van der Waals surface area contributed by atoms with E-state index in [2.05, 4.69) is 31.7 Å². The minimum absolute atomic E-state index is 0.00394. The van der Waals surface area contributed by atoms with E-state index >= 15 is 0 Å². The Morgan fingerprint density at radius 2 is 2.04 bits per heavy atom. The maximum absolute atomic E-state index is 11.4. The fourth-order valence-corrected chi connectivity index (χ4v) is 6.40. The average molecular weight is 326 g/mol. The molecule has 2 saturated carbocycles. The van der Waals surface area contributed by atoms with Gasteiger partial charge in [-0.15, -0.1) is 0 Å². The van der Waals surface area contributed by atoms with Gasteiger partial charge in [0.15, 0.2) is 0 Å². The molecule has 2 heteroatoms. The van der Waals surface area contributed by atoms with Crippen LogP contribution in [-0.2, 0) is 6.42 Å². The summed E-state index contributed by atoms with van der Waals surface area (Å²) in [5.74, 6) is 2.96. The van der Waals surface area contributed by atoms with Crippen LogP contribution in [0.5, 0.6) is 5.75 Å². The summed E-state index contributed by atoms with van der Waals surface area (Å²) in [6.07, 6.45) is 6.72. The summed E-state index contributed by atoms with van der Waals surface area (Å²) < 4.78 is 5.41. The highest BCUT2D eigenvalue weighted by atomic mass is 16.5. The van der Waals surface area contributed by atoms with Crippen molar-refractivity contribution in [3.63, 3.8) is 0 Å². The Balaban J connectivity index is 1.69. The van der Waals surface area contributed by atoms with E-state index in [0.717, 1.165) is 37.0 Å². The van der Waals surface area contributed by atoms with Crippen molar-refractivity contribution in [1.82, 2.24) is 0 Å². The van der Waals surface area contributed by atoms with Crippen LogP contribution in [0.2, 0.25) is 0 Å². The van der Waals surface area contributed by atoms with Gasteiger partial charge in [0.1, 0.15) is 5.75 Å². The smallest absolute Gasteiger partial charge is 0.119 e. The lowest BCUT2D eigenvalue weighted by Crippen LogP contribution is -2.51. The molecule has 3 aliphatic rings. The Labute approximate surface area is 145 Å². The number of ether oxygens (including phenoxy) is 1. The zero-order valence-corrected chi connectivity index (χ0v) is 15.3. The van der Waals surface area contributed by atoms with E-state index in [-0.39, 0.29) is 5.41 Å².